The van der Waals surface area contributed by atoms with Crippen LogP contribution in [0.3, 0.4) is 0 Å². The Bertz CT molecular complexity index is 428. The first kappa shape index (κ1) is 13.6. The summed E-state index contributed by atoms with van der Waals surface area (Å²) < 4.78 is 0.979. The summed E-state index contributed by atoms with van der Waals surface area (Å²) in [6.07, 6.45) is 2.91. The molecule has 4 heteroatoms. The van der Waals surface area contributed by atoms with Crippen LogP contribution in [0, 0.1) is 5.41 Å². The second kappa shape index (κ2) is 5.85. The van der Waals surface area contributed by atoms with E-state index < -0.39 is 0 Å². The molecule has 18 heavy (non-hydrogen) atoms. The maximum absolute atomic E-state index is 12.5. The van der Waals surface area contributed by atoms with E-state index in [-0.39, 0.29) is 11.3 Å². The summed E-state index contributed by atoms with van der Waals surface area (Å²) in [4.78, 5) is 12.5. The number of halogens is 1. The second-order valence-electron chi connectivity index (χ2n) is 4.88. The van der Waals surface area contributed by atoms with Crippen molar-refractivity contribution in [3.05, 3.63) is 28.7 Å². The molecule has 2 rings (SSSR count). The normalized spacial score (nSPS) is 23.7. The fourth-order valence-corrected chi connectivity index (χ4v) is 2.85. The number of benzene rings is 1. The van der Waals surface area contributed by atoms with Gasteiger partial charge in [-0.15, -0.1) is 0 Å². The molecule has 1 unspecified atom stereocenters. The van der Waals surface area contributed by atoms with Crippen molar-refractivity contribution < 1.29 is 4.79 Å². The first-order valence-corrected chi connectivity index (χ1v) is 7.23. The minimum atomic E-state index is -0.249. The van der Waals surface area contributed by atoms with Gasteiger partial charge in [-0.25, -0.2) is 0 Å². The molecule has 1 aromatic carbocycles. The van der Waals surface area contributed by atoms with Gasteiger partial charge in [0.05, 0.1) is 5.41 Å². The van der Waals surface area contributed by atoms with Crippen molar-refractivity contribution in [1.82, 2.24) is 5.32 Å². The van der Waals surface area contributed by atoms with E-state index in [1.807, 2.05) is 24.3 Å². The first-order chi connectivity index (χ1) is 8.66. The van der Waals surface area contributed by atoms with Crippen LogP contribution in [-0.2, 0) is 4.79 Å². The zero-order chi connectivity index (χ0) is 13.0. The Morgan fingerprint density at radius 2 is 2.39 bits per heavy atom. The highest BCUT2D eigenvalue weighted by Crippen LogP contribution is 2.31. The molecule has 0 spiro atoms. The predicted octanol–water partition coefficient (Wildman–Crippen LogP) is 3.17. The number of hydrogen-bond donors (Lipinski definition) is 2. The molecule has 1 atom stereocenters. The Balaban J connectivity index is 2.10. The highest BCUT2D eigenvalue weighted by atomic mass is 79.9. The number of carbonyl (C=O) groups is 1. The van der Waals surface area contributed by atoms with Gasteiger partial charge in [0, 0.05) is 16.7 Å². The summed E-state index contributed by atoms with van der Waals surface area (Å²) >= 11 is 3.41. The average Bonchev–Trinajstić information content (AvgIpc) is 2.39. The molecule has 1 aliphatic heterocycles. The van der Waals surface area contributed by atoms with Crippen molar-refractivity contribution >= 4 is 27.5 Å². The van der Waals surface area contributed by atoms with E-state index in [2.05, 4.69) is 33.5 Å². The molecule has 1 aromatic rings. The van der Waals surface area contributed by atoms with Gasteiger partial charge in [-0.1, -0.05) is 28.9 Å². The topological polar surface area (TPSA) is 41.1 Å². The monoisotopic (exact) mass is 310 g/mol. The molecule has 3 nitrogen and oxygen atoms in total. The van der Waals surface area contributed by atoms with E-state index in [0.717, 1.165) is 42.5 Å². The molecule has 1 fully saturated rings. The third kappa shape index (κ3) is 2.93. The fourth-order valence-electron chi connectivity index (χ4n) is 2.45. The number of rotatable bonds is 3. The highest BCUT2D eigenvalue weighted by molar-refractivity contribution is 9.10. The Morgan fingerprint density at radius 3 is 3.00 bits per heavy atom. The third-order valence-electron chi connectivity index (χ3n) is 3.71. The van der Waals surface area contributed by atoms with E-state index in [4.69, 9.17) is 0 Å². The van der Waals surface area contributed by atoms with Crippen molar-refractivity contribution in [3.63, 3.8) is 0 Å². The fraction of sp³-hybridized carbons (Fsp3) is 0.500. The lowest BCUT2D eigenvalue weighted by molar-refractivity contribution is -0.126. The van der Waals surface area contributed by atoms with E-state index >= 15 is 0 Å². The summed E-state index contributed by atoms with van der Waals surface area (Å²) in [6.45, 7) is 3.89. The quantitative estimate of drug-likeness (QED) is 0.900. The maximum Gasteiger partial charge on any atom is 0.231 e. The molecule has 0 bridgehead atoms. The van der Waals surface area contributed by atoms with Crippen LogP contribution in [0.2, 0.25) is 0 Å². The maximum atomic E-state index is 12.5. The number of nitrogens with one attached hydrogen (secondary N) is 2. The van der Waals surface area contributed by atoms with Gasteiger partial charge >= 0.3 is 0 Å². The van der Waals surface area contributed by atoms with Gasteiger partial charge in [0.25, 0.3) is 0 Å². The molecular formula is C14H19BrN2O. The molecule has 1 amide bonds. The van der Waals surface area contributed by atoms with Crippen LogP contribution < -0.4 is 10.6 Å². The minimum Gasteiger partial charge on any atom is -0.326 e. The Labute approximate surface area is 116 Å². The van der Waals surface area contributed by atoms with Crippen LogP contribution in [0.25, 0.3) is 0 Å². The standard InChI is InChI=1S/C14H19BrN2O/c1-2-14(7-4-8-16-10-14)13(18)17-12-6-3-5-11(15)9-12/h3,5-6,9,16H,2,4,7-8,10H2,1H3,(H,17,18). The molecular weight excluding hydrogens is 292 g/mol. The molecule has 1 saturated heterocycles. The lowest BCUT2D eigenvalue weighted by Gasteiger charge is -2.35. The number of hydrogen-bond acceptors (Lipinski definition) is 2. The second-order valence-corrected chi connectivity index (χ2v) is 5.79. The lowest BCUT2D eigenvalue weighted by Crippen LogP contribution is -2.47. The summed E-state index contributed by atoms with van der Waals surface area (Å²) in [7, 11) is 0. The Hall–Kier alpha value is -0.870. The molecule has 0 radical (unpaired) electrons. The third-order valence-corrected chi connectivity index (χ3v) is 4.21. The van der Waals surface area contributed by atoms with Crippen molar-refractivity contribution in [2.24, 2.45) is 5.41 Å². The molecule has 2 N–H and O–H groups in total. The van der Waals surface area contributed by atoms with Gasteiger partial charge in [0.15, 0.2) is 0 Å². The number of amides is 1. The number of anilines is 1. The zero-order valence-corrected chi connectivity index (χ0v) is 12.2. The van der Waals surface area contributed by atoms with E-state index in [0.29, 0.717) is 0 Å². The molecule has 1 aliphatic rings. The lowest BCUT2D eigenvalue weighted by atomic mass is 9.77. The van der Waals surface area contributed by atoms with Gasteiger partial charge < -0.3 is 10.6 Å². The molecule has 1 heterocycles. The summed E-state index contributed by atoms with van der Waals surface area (Å²) in [5, 5.41) is 6.37. The van der Waals surface area contributed by atoms with Gasteiger partial charge in [0.1, 0.15) is 0 Å². The van der Waals surface area contributed by atoms with Crippen LogP contribution in [0.5, 0.6) is 0 Å². The van der Waals surface area contributed by atoms with Crippen LogP contribution >= 0.6 is 15.9 Å². The smallest absolute Gasteiger partial charge is 0.231 e. The molecule has 0 aliphatic carbocycles. The van der Waals surface area contributed by atoms with Crippen LogP contribution in [0.15, 0.2) is 28.7 Å². The first-order valence-electron chi connectivity index (χ1n) is 6.44. The van der Waals surface area contributed by atoms with Gasteiger partial charge in [-0.2, -0.15) is 0 Å². The van der Waals surface area contributed by atoms with Gasteiger partial charge in [0.2, 0.25) is 5.91 Å². The number of piperidine rings is 1. The Kier molecular flexibility index (Phi) is 4.40. The summed E-state index contributed by atoms with van der Waals surface area (Å²) in [5.41, 5.74) is 0.605. The SMILES string of the molecule is CCC1(C(=O)Nc2cccc(Br)c2)CCCNC1. The van der Waals surface area contributed by atoms with Crippen molar-refractivity contribution in [2.75, 3.05) is 18.4 Å². The van der Waals surface area contributed by atoms with Crippen molar-refractivity contribution in [2.45, 2.75) is 26.2 Å². The summed E-state index contributed by atoms with van der Waals surface area (Å²) in [5.74, 6) is 0.135. The Morgan fingerprint density at radius 1 is 1.56 bits per heavy atom. The van der Waals surface area contributed by atoms with Crippen LogP contribution in [0.4, 0.5) is 5.69 Å². The van der Waals surface area contributed by atoms with Crippen molar-refractivity contribution in [1.29, 1.82) is 0 Å². The molecule has 0 aromatic heterocycles. The zero-order valence-electron chi connectivity index (χ0n) is 10.6. The summed E-state index contributed by atoms with van der Waals surface area (Å²) in [6, 6.07) is 7.73. The van der Waals surface area contributed by atoms with E-state index in [1.165, 1.54) is 0 Å². The average molecular weight is 311 g/mol. The largest absolute Gasteiger partial charge is 0.326 e. The highest BCUT2D eigenvalue weighted by Gasteiger charge is 2.37. The van der Waals surface area contributed by atoms with Crippen LogP contribution in [0.1, 0.15) is 26.2 Å². The predicted molar refractivity (Wildman–Crippen MR) is 77.6 cm³/mol. The van der Waals surface area contributed by atoms with Gasteiger partial charge in [-0.05, 0) is 44.0 Å². The van der Waals surface area contributed by atoms with Crippen molar-refractivity contribution in [3.8, 4) is 0 Å². The minimum absolute atomic E-state index is 0.135. The number of carbonyl (C=O) groups excluding carboxylic acids is 1. The van der Waals surface area contributed by atoms with E-state index in [1.54, 1.807) is 0 Å². The van der Waals surface area contributed by atoms with Crippen LogP contribution in [-0.4, -0.2) is 19.0 Å². The van der Waals surface area contributed by atoms with E-state index in [9.17, 15) is 4.79 Å². The molecule has 98 valence electrons. The molecule has 0 saturated carbocycles. The van der Waals surface area contributed by atoms with Gasteiger partial charge in [-0.3, -0.25) is 4.79 Å².